The Bertz CT molecular complexity index is 523. The predicted octanol–water partition coefficient (Wildman–Crippen LogP) is 4.94. The average Bonchev–Trinajstić information content (AvgIpc) is 3.02. The summed E-state index contributed by atoms with van der Waals surface area (Å²) in [5.41, 5.74) is 1.16. The van der Waals surface area contributed by atoms with Gasteiger partial charge < -0.3 is 9.47 Å². The van der Waals surface area contributed by atoms with Gasteiger partial charge in [-0.15, -0.1) is 11.6 Å². The molecule has 3 atom stereocenters. The molecular weight excluding hydrogens is 340 g/mol. The van der Waals surface area contributed by atoms with Gasteiger partial charge in [0.05, 0.1) is 18.6 Å². The van der Waals surface area contributed by atoms with Crippen molar-refractivity contribution in [2.45, 2.75) is 31.1 Å². The zero-order chi connectivity index (χ0) is 13.7. The Morgan fingerprint density at radius 3 is 2.40 bits per heavy atom. The Labute approximate surface area is 132 Å². The highest BCUT2D eigenvalue weighted by molar-refractivity contribution is 9.10. The molecule has 108 valence electrons. The molecule has 0 radical (unpaired) electrons. The van der Waals surface area contributed by atoms with Crippen LogP contribution in [0, 0.1) is 17.8 Å². The highest BCUT2D eigenvalue weighted by Crippen LogP contribution is 2.64. The Morgan fingerprint density at radius 1 is 1.05 bits per heavy atom. The first-order valence-electron chi connectivity index (χ1n) is 7.49. The Morgan fingerprint density at radius 2 is 1.70 bits per heavy atom. The molecule has 1 heterocycles. The van der Waals surface area contributed by atoms with Gasteiger partial charge in [-0.1, -0.05) is 22.4 Å². The van der Waals surface area contributed by atoms with Gasteiger partial charge in [0.25, 0.3) is 0 Å². The van der Waals surface area contributed by atoms with E-state index >= 15 is 0 Å². The van der Waals surface area contributed by atoms with Crippen LogP contribution in [0.3, 0.4) is 0 Å². The lowest BCUT2D eigenvalue weighted by Gasteiger charge is -2.17. The number of rotatable bonds is 2. The maximum Gasteiger partial charge on any atom is 0.162 e. The van der Waals surface area contributed by atoms with Gasteiger partial charge in [0, 0.05) is 10.9 Å². The molecule has 1 aliphatic heterocycles. The standard InChI is InChI=1S/C16H18BrClO2/c17-12-8-14-13(19-5-2-6-20-14)7-11(12)16(18)15-9-3-1-4-10(9)15/h7-10,15-16H,1-6H2. The van der Waals surface area contributed by atoms with Crippen LogP contribution in [0.2, 0.25) is 0 Å². The fourth-order valence-corrected chi connectivity index (χ4v) is 5.18. The van der Waals surface area contributed by atoms with Crippen molar-refractivity contribution in [3.63, 3.8) is 0 Å². The van der Waals surface area contributed by atoms with Crippen LogP contribution in [0.5, 0.6) is 11.5 Å². The van der Waals surface area contributed by atoms with E-state index in [0.29, 0.717) is 5.92 Å². The molecule has 0 bridgehead atoms. The summed E-state index contributed by atoms with van der Waals surface area (Å²) in [5, 5.41) is 0.0943. The quantitative estimate of drug-likeness (QED) is 0.698. The monoisotopic (exact) mass is 356 g/mol. The third-order valence-corrected chi connectivity index (χ3v) is 6.19. The smallest absolute Gasteiger partial charge is 0.162 e. The maximum absolute atomic E-state index is 6.77. The summed E-state index contributed by atoms with van der Waals surface area (Å²) in [6, 6.07) is 4.10. The summed E-state index contributed by atoms with van der Waals surface area (Å²) in [6.07, 6.45) is 5.04. The first kappa shape index (κ1) is 13.3. The second kappa shape index (κ2) is 5.10. The molecule has 4 heteroatoms. The van der Waals surface area contributed by atoms with Crippen LogP contribution >= 0.6 is 27.5 Å². The topological polar surface area (TPSA) is 18.5 Å². The maximum atomic E-state index is 6.77. The van der Waals surface area contributed by atoms with Crippen LogP contribution in [0.4, 0.5) is 0 Å². The van der Waals surface area contributed by atoms with E-state index in [2.05, 4.69) is 22.0 Å². The molecule has 0 saturated heterocycles. The van der Waals surface area contributed by atoms with Gasteiger partial charge in [0.15, 0.2) is 11.5 Å². The zero-order valence-electron chi connectivity index (χ0n) is 11.3. The lowest BCUT2D eigenvalue weighted by atomic mass is 10.0. The van der Waals surface area contributed by atoms with Crippen molar-refractivity contribution in [1.29, 1.82) is 0 Å². The molecule has 1 aromatic carbocycles. The molecule has 0 N–H and O–H groups in total. The first-order valence-corrected chi connectivity index (χ1v) is 8.72. The van der Waals surface area contributed by atoms with Crippen molar-refractivity contribution in [1.82, 2.24) is 0 Å². The Kier molecular flexibility index (Phi) is 3.38. The van der Waals surface area contributed by atoms with Crippen molar-refractivity contribution in [2.24, 2.45) is 17.8 Å². The third kappa shape index (κ3) is 2.14. The zero-order valence-corrected chi connectivity index (χ0v) is 13.6. The second-order valence-corrected chi connectivity index (χ2v) is 7.43. The number of ether oxygens (including phenoxy) is 2. The summed E-state index contributed by atoms with van der Waals surface area (Å²) in [7, 11) is 0. The molecule has 2 aliphatic carbocycles. The van der Waals surface area contributed by atoms with Gasteiger partial charge in [-0.25, -0.2) is 0 Å². The van der Waals surface area contributed by atoms with Gasteiger partial charge in [0.2, 0.25) is 0 Å². The van der Waals surface area contributed by atoms with Gasteiger partial charge in [-0.05, 0) is 48.3 Å². The van der Waals surface area contributed by atoms with E-state index in [0.717, 1.165) is 53.0 Å². The molecular formula is C16H18BrClO2. The van der Waals surface area contributed by atoms with Crippen LogP contribution in [-0.4, -0.2) is 13.2 Å². The van der Waals surface area contributed by atoms with Crippen molar-refractivity contribution in [3.05, 3.63) is 22.2 Å². The number of benzene rings is 1. The summed E-state index contributed by atoms with van der Waals surface area (Å²) >= 11 is 10.4. The van der Waals surface area contributed by atoms with E-state index in [4.69, 9.17) is 21.1 Å². The minimum atomic E-state index is 0.0943. The van der Waals surface area contributed by atoms with Gasteiger partial charge in [-0.3, -0.25) is 0 Å². The fraction of sp³-hybridized carbons (Fsp3) is 0.625. The van der Waals surface area contributed by atoms with E-state index < -0.39 is 0 Å². The van der Waals surface area contributed by atoms with E-state index in [1.165, 1.54) is 19.3 Å². The number of hydrogen-bond donors (Lipinski definition) is 0. The Hall–Kier alpha value is -0.410. The van der Waals surface area contributed by atoms with Crippen LogP contribution in [0.25, 0.3) is 0 Å². The number of halogens is 2. The highest BCUT2D eigenvalue weighted by atomic mass is 79.9. The largest absolute Gasteiger partial charge is 0.490 e. The lowest BCUT2D eigenvalue weighted by molar-refractivity contribution is 0.297. The predicted molar refractivity (Wildman–Crippen MR) is 82.7 cm³/mol. The van der Waals surface area contributed by atoms with Crippen molar-refractivity contribution >= 4 is 27.5 Å². The summed E-state index contributed by atoms with van der Waals surface area (Å²) in [4.78, 5) is 0. The minimum Gasteiger partial charge on any atom is -0.490 e. The van der Waals surface area contributed by atoms with Gasteiger partial charge in [0.1, 0.15) is 0 Å². The molecule has 1 aromatic rings. The van der Waals surface area contributed by atoms with E-state index in [-0.39, 0.29) is 5.38 Å². The van der Waals surface area contributed by atoms with Crippen LogP contribution < -0.4 is 9.47 Å². The number of fused-ring (bicyclic) bond motifs is 2. The van der Waals surface area contributed by atoms with Gasteiger partial charge >= 0.3 is 0 Å². The highest BCUT2D eigenvalue weighted by Gasteiger charge is 2.56. The molecule has 0 aromatic heterocycles. The molecule has 2 fully saturated rings. The third-order valence-electron chi connectivity index (χ3n) is 4.97. The van der Waals surface area contributed by atoms with E-state index in [9.17, 15) is 0 Å². The van der Waals surface area contributed by atoms with Crippen molar-refractivity contribution in [2.75, 3.05) is 13.2 Å². The van der Waals surface area contributed by atoms with Crippen LogP contribution in [0.15, 0.2) is 16.6 Å². The molecule has 3 unspecified atom stereocenters. The fourth-order valence-electron chi connectivity index (χ4n) is 3.93. The van der Waals surface area contributed by atoms with Crippen LogP contribution in [0.1, 0.15) is 36.6 Å². The number of alkyl halides is 1. The second-order valence-electron chi connectivity index (χ2n) is 6.11. The normalized spacial score (nSPS) is 32.4. The molecule has 0 spiro atoms. The lowest BCUT2D eigenvalue weighted by Crippen LogP contribution is -2.01. The Balaban J connectivity index is 1.63. The molecule has 20 heavy (non-hydrogen) atoms. The van der Waals surface area contributed by atoms with Crippen LogP contribution in [-0.2, 0) is 0 Å². The average molecular weight is 358 g/mol. The molecule has 4 rings (SSSR count). The van der Waals surface area contributed by atoms with E-state index in [1.54, 1.807) is 0 Å². The minimum absolute atomic E-state index is 0.0943. The summed E-state index contributed by atoms with van der Waals surface area (Å²) < 4.78 is 12.5. The summed E-state index contributed by atoms with van der Waals surface area (Å²) in [6.45, 7) is 1.44. The molecule has 2 nitrogen and oxygen atoms in total. The molecule has 0 amide bonds. The first-order chi connectivity index (χ1) is 9.75. The van der Waals surface area contributed by atoms with Crippen molar-refractivity contribution in [3.8, 4) is 11.5 Å². The van der Waals surface area contributed by atoms with E-state index in [1.807, 2.05) is 6.07 Å². The molecule has 2 saturated carbocycles. The molecule has 3 aliphatic rings. The summed E-state index contributed by atoms with van der Waals surface area (Å²) in [5.74, 6) is 4.06. The number of hydrogen-bond acceptors (Lipinski definition) is 2. The van der Waals surface area contributed by atoms with Gasteiger partial charge in [-0.2, -0.15) is 0 Å². The SMILES string of the molecule is ClC(c1cc2c(cc1Br)OCCCO2)C1C2CCCC21. The van der Waals surface area contributed by atoms with Crippen molar-refractivity contribution < 1.29 is 9.47 Å².